The lowest BCUT2D eigenvalue weighted by atomic mass is 10.1. The van der Waals surface area contributed by atoms with Gasteiger partial charge in [0.1, 0.15) is 11.0 Å². The van der Waals surface area contributed by atoms with Gasteiger partial charge in [0.05, 0.1) is 11.8 Å². The Morgan fingerprint density at radius 2 is 1.62 bits per heavy atom. The summed E-state index contributed by atoms with van der Waals surface area (Å²) >= 11 is 0. The minimum Gasteiger partial charge on any atom is -0.474 e. The topological polar surface area (TPSA) is 74.8 Å². The molecule has 0 spiro atoms. The van der Waals surface area contributed by atoms with Crippen LogP contribution in [0.25, 0.3) is 0 Å². The van der Waals surface area contributed by atoms with E-state index >= 15 is 0 Å². The maximum Gasteiger partial charge on any atom is 0.416 e. The van der Waals surface area contributed by atoms with Gasteiger partial charge in [0.25, 0.3) is 0 Å². The summed E-state index contributed by atoms with van der Waals surface area (Å²) in [5.41, 5.74) is 0.0868. The fourth-order valence-corrected chi connectivity index (χ4v) is 5.52. The van der Waals surface area contributed by atoms with Gasteiger partial charge in [0.2, 0.25) is 15.9 Å². The van der Waals surface area contributed by atoms with E-state index in [2.05, 4.69) is 14.6 Å². The van der Waals surface area contributed by atoms with Crippen molar-refractivity contribution in [2.45, 2.75) is 48.9 Å². The molecule has 1 N–H and O–H groups in total. The maximum atomic E-state index is 12.8. The van der Waals surface area contributed by atoms with Crippen LogP contribution in [0.3, 0.4) is 0 Å². The number of hydrogen-bond acceptors (Lipinski definition) is 6. The molecule has 0 aliphatic carbocycles. The molecule has 0 saturated carbocycles. The Bertz CT molecular complexity index is 1050. The highest BCUT2D eigenvalue weighted by atomic mass is 32.2. The zero-order chi connectivity index (χ0) is 24.3. The van der Waals surface area contributed by atoms with Crippen molar-refractivity contribution in [1.82, 2.24) is 14.6 Å². The Morgan fingerprint density at radius 1 is 0.971 bits per heavy atom. The summed E-state index contributed by atoms with van der Waals surface area (Å²) in [4.78, 5) is 8.49. The summed E-state index contributed by atoms with van der Waals surface area (Å²) in [7, 11) is -1.62. The summed E-state index contributed by atoms with van der Waals surface area (Å²) in [6.07, 6.45) is -0.224. The first-order valence-corrected chi connectivity index (χ1v) is 12.8. The number of hydrogen-bond donors (Lipinski definition) is 1. The van der Waals surface area contributed by atoms with E-state index in [4.69, 9.17) is 4.74 Å². The average molecular weight is 499 g/mol. The first-order chi connectivity index (χ1) is 16.1. The monoisotopic (exact) mass is 498 g/mol. The van der Waals surface area contributed by atoms with Crippen molar-refractivity contribution in [3.8, 4) is 5.88 Å². The van der Waals surface area contributed by atoms with Crippen LogP contribution in [-0.4, -0.2) is 63.7 Å². The minimum atomic E-state index is -4.34. The standard InChI is InChI=1S/C23H29F3N4O3S/c1-29-12-8-18(9-13-29)28-34(31,32)21-6-7-22(27-16-21)33-20-10-14-30(15-11-20)19-4-2-17(3-5-19)23(24,25)26/h2-7,16,18,20,28H,8-15H2,1H3. The van der Waals surface area contributed by atoms with Crippen LogP contribution in [0.2, 0.25) is 0 Å². The first kappa shape index (κ1) is 24.7. The van der Waals surface area contributed by atoms with Crippen molar-refractivity contribution in [2.75, 3.05) is 38.1 Å². The third kappa shape index (κ3) is 6.19. The van der Waals surface area contributed by atoms with Crippen molar-refractivity contribution in [3.63, 3.8) is 0 Å². The van der Waals surface area contributed by atoms with Gasteiger partial charge in [0.15, 0.2) is 0 Å². The summed E-state index contributed by atoms with van der Waals surface area (Å²) in [6, 6.07) is 8.15. The molecule has 0 atom stereocenters. The Kier molecular flexibility index (Phi) is 7.34. The highest BCUT2D eigenvalue weighted by Crippen LogP contribution is 2.31. The first-order valence-electron chi connectivity index (χ1n) is 11.4. The molecule has 1 aromatic carbocycles. The quantitative estimate of drug-likeness (QED) is 0.657. The van der Waals surface area contributed by atoms with Crippen molar-refractivity contribution < 1.29 is 26.3 Å². The summed E-state index contributed by atoms with van der Waals surface area (Å²) in [5, 5.41) is 0. The van der Waals surface area contributed by atoms with Crippen molar-refractivity contribution in [3.05, 3.63) is 48.2 Å². The number of rotatable bonds is 6. The zero-order valence-electron chi connectivity index (χ0n) is 19.0. The summed E-state index contributed by atoms with van der Waals surface area (Å²) in [6.45, 7) is 3.00. The van der Waals surface area contributed by atoms with E-state index in [0.717, 1.165) is 43.8 Å². The Balaban J connectivity index is 1.28. The molecule has 2 aliphatic rings. The van der Waals surface area contributed by atoms with Gasteiger partial charge in [-0.15, -0.1) is 0 Å². The molecule has 186 valence electrons. The van der Waals surface area contributed by atoms with E-state index in [1.807, 2.05) is 11.9 Å². The molecule has 11 heteroatoms. The van der Waals surface area contributed by atoms with Crippen LogP contribution in [0, 0.1) is 0 Å². The van der Waals surface area contributed by atoms with Crippen LogP contribution in [0.15, 0.2) is 47.5 Å². The molecule has 0 radical (unpaired) electrons. The van der Waals surface area contributed by atoms with E-state index in [1.165, 1.54) is 24.4 Å². The average Bonchev–Trinajstić information content (AvgIpc) is 2.81. The number of aromatic nitrogens is 1. The lowest BCUT2D eigenvalue weighted by molar-refractivity contribution is -0.137. The molecule has 4 rings (SSSR count). The third-order valence-electron chi connectivity index (χ3n) is 6.35. The molecule has 1 aromatic heterocycles. The molecule has 2 aliphatic heterocycles. The summed E-state index contributed by atoms with van der Waals surface area (Å²) < 4.78 is 72.3. The molecule has 2 saturated heterocycles. The fraction of sp³-hybridized carbons (Fsp3) is 0.522. The van der Waals surface area contributed by atoms with Gasteiger partial charge in [-0.2, -0.15) is 13.2 Å². The van der Waals surface area contributed by atoms with Crippen LogP contribution >= 0.6 is 0 Å². The Labute approximate surface area is 198 Å². The SMILES string of the molecule is CN1CCC(NS(=O)(=O)c2ccc(OC3CCN(c4ccc(C(F)(F)F)cc4)CC3)nc2)CC1. The van der Waals surface area contributed by atoms with Gasteiger partial charge >= 0.3 is 6.18 Å². The Morgan fingerprint density at radius 3 is 2.18 bits per heavy atom. The number of sulfonamides is 1. The van der Waals surface area contributed by atoms with Crippen LogP contribution in [0.4, 0.5) is 18.9 Å². The number of piperidine rings is 2. The molecule has 2 fully saturated rings. The van der Waals surface area contributed by atoms with Crippen LogP contribution in [-0.2, 0) is 16.2 Å². The number of halogens is 3. The maximum absolute atomic E-state index is 12.8. The zero-order valence-corrected chi connectivity index (χ0v) is 19.8. The van der Waals surface area contributed by atoms with Gasteiger partial charge in [-0.3, -0.25) is 0 Å². The minimum absolute atomic E-state index is 0.0769. The Hall–Kier alpha value is -2.37. The molecule has 0 bridgehead atoms. The normalized spacial score (nSPS) is 19.4. The number of nitrogens with zero attached hydrogens (tertiary/aromatic N) is 3. The lowest BCUT2D eigenvalue weighted by Gasteiger charge is -2.33. The number of nitrogens with one attached hydrogen (secondary N) is 1. The van der Waals surface area contributed by atoms with E-state index in [0.29, 0.717) is 31.8 Å². The lowest BCUT2D eigenvalue weighted by Crippen LogP contribution is -2.43. The molecular weight excluding hydrogens is 469 g/mol. The largest absolute Gasteiger partial charge is 0.474 e. The molecule has 34 heavy (non-hydrogen) atoms. The fourth-order valence-electron chi connectivity index (χ4n) is 4.27. The predicted octanol–water partition coefficient (Wildman–Crippen LogP) is 3.52. The number of likely N-dealkylation sites (tertiary alicyclic amines) is 1. The number of anilines is 1. The molecule has 7 nitrogen and oxygen atoms in total. The van der Waals surface area contributed by atoms with E-state index < -0.39 is 21.8 Å². The molecule has 0 amide bonds. The summed E-state index contributed by atoms with van der Waals surface area (Å²) in [5.74, 6) is 0.353. The number of benzene rings is 1. The molecule has 2 aromatic rings. The van der Waals surface area contributed by atoms with E-state index in [1.54, 1.807) is 6.07 Å². The smallest absolute Gasteiger partial charge is 0.416 e. The van der Waals surface area contributed by atoms with E-state index in [-0.39, 0.29) is 17.0 Å². The highest BCUT2D eigenvalue weighted by molar-refractivity contribution is 7.89. The second-order valence-electron chi connectivity index (χ2n) is 8.88. The predicted molar refractivity (Wildman–Crippen MR) is 122 cm³/mol. The van der Waals surface area contributed by atoms with E-state index in [9.17, 15) is 21.6 Å². The van der Waals surface area contributed by atoms with Crippen molar-refractivity contribution in [2.24, 2.45) is 0 Å². The number of pyridine rings is 1. The highest BCUT2D eigenvalue weighted by Gasteiger charge is 2.30. The third-order valence-corrected chi connectivity index (χ3v) is 7.85. The van der Waals surface area contributed by atoms with Crippen molar-refractivity contribution in [1.29, 1.82) is 0 Å². The molecule has 3 heterocycles. The second kappa shape index (κ2) is 10.1. The van der Waals surface area contributed by atoms with Gasteiger partial charge in [-0.1, -0.05) is 0 Å². The van der Waals surface area contributed by atoms with Gasteiger partial charge in [0, 0.05) is 43.7 Å². The van der Waals surface area contributed by atoms with Gasteiger partial charge in [-0.05, 0) is 63.3 Å². The van der Waals surface area contributed by atoms with Crippen LogP contribution < -0.4 is 14.4 Å². The number of ether oxygens (including phenoxy) is 1. The molecular formula is C23H29F3N4O3S. The molecule has 0 unspecified atom stereocenters. The van der Waals surface area contributed by atoms with Crippen LogP contribution in [0.1, 0.15) is 31.2 Å². The van der Waals surface area contributed by atoms with Crippen molar-refractivity contribution >= 4 is 15.7 Å². The van der Waals surface area contributed by atoms with Crippen LogP contribution in [0.5, 0.6) is 5.88 Å². The second-order valence-corrected chi connectivity index (χ2v) is 10.6. The van der Waals surface area contributed by atoms with Gasteiger partial charge < -0.3 is 14.5 Å². The van der Waals surface area contributed by atoms with Gasteiger partial charge in [-0.25, -0.2) is 18.1 Å². The number of alkyl halides is 3.